The molecule has 0 bridgehead atoms. The Kier molecular flexibility index (Phi) is 4.66. The number of likely N-dealkylation sites (tertiary alicyclic amines) is 1. The van der Waals surface area contributed by atoms with Crippen LogP contribution in [-0.4, -0.2) is 49.1 Å². The summed E-state index contributed by atoms with van der Waals surface area (Å²) in [7, 11) is 4.37. The zero-order valence-corrected chi connectivity index (χ0v) is 12.6. The molecule has 1 aromatic rings. The molecule has 0 amide bonds. The highest BCUT2D eigenvalue weighted by Crippen LogP contribution is 2.28. The van der Waals surface area contributed by atoms with E-state index < -0.39 is 0 Å². The number of nitrogens with two attached hydrogens (primary N) is 1. The lowest BCUT2D eigenvalue weighted by atomic mass is 9.99. The van der Waals surface area contributed by atoms with E-state index in [1.165, 1.54) is 19.4 Å². The number of piperidine rings is 1. The molecule has 2 rings (SSSR count). The van der Waals surface area contributed by atoms with E-state index in [9.17, 15) is 0 Å². The maximum atomic E-state index is 6.20. The minimum Gasteiger partial charge on any atom is -0.465 e. The lowest BCUT2D eigenvalue weighted by Gasteiger charge is -2.40. The summed E-state index contributed by atoms with van der Waals surface area (Å²) in [6, 6.07) is 4.85. The molecule has 0 radical (unpaired) electrons. The molecular formula is C15H27N3O. The number of likely N-dealkylation sites (N-methyl/N-ethyl adjacent to an activating group) is 2. The van der Waals surface area contributed by atoms with Gasteiger partial charge in [-0.15, -0.1) is 0 Å². The maximum Gasteiger partial charge on any atom is 0.122 e. The predicted molar refractivity (Wildman–Crippen MR) is 78.1 cm³/mol. The Labute approximate surface area is 116 Å². The van der Waals surface area contributed by atoms with Gasteiger partial charge in [-0.2, -0.15) is 0 Å². The van der Waals surface area contributed by atoms with Crippen LogP contribution in [0.2, 0.25) is 0 Å². The van der Waals surface area contributed by atoms with Gasteiger partial charge in [0.25, 0.3) is 0 Å². The topological polar surface area (TPSA) is 45.6 Å². The highest BCUT2D eigenvalue weighted by Gasteiger charge is 2.31. The van der Waals surface area contributed by atoms with E-state index >= 15 is 0 Å². The van der Waals surface area contributed by atoms with Crippen molar-refractivity contribution in [2.24, 2.45) is 5.73 Å². The van der Waals surface area contributed by atoms with Gasteiger partial charge in [0, 0.05) is 18.6 Å². The number of hydrogen-bond donors (Lipinski definition) is 1. The molecule has 1 aliphatic heterocycles. The lowest BCUT2D eigenvalue weighted by molar-refractivity contribution is 0.0790. The Morgan fingerprint density at radius 3 is 2.74 bits per heavy atom. The Balaban J connectivity index is 2.14. The van der Waals surface area contributed by atoms with Gasteiger partial charge in [-0.25, -0.2) is 0 Å². The Hall–Kier alpha value is -0.840. The highest BCUT2D eigenvalue weighted by atomic mass is 16.3. The number of furan rings is 1. The first-order valence-electron chi connectivity index (χ1n) is 7.21. The molecule has 1 saturated heterocycles. The average Bonchev–Trinajstić information content (AvgIpc) is 2.75. The normalized spacial score (nSPS) is 24.6. The van der Waals surface area contributed by atoms with Crippen molar-refractivity contribution in [3.05, 3.63) is 23.7 Å². The molecule has 1 aliphatic rings. The van der Waals surface area contributed by atoms with Crippen LogP contribution in [0.25, 0.3) is 0 Å². The summed E-state index contributed by atoms with van der Waals surface area (Å²) in [5, 5.41) is 0. The largest absolute Gasteiger partial charge is 0.465 e. The second kappa shape index (κ2) is 6.07. The minimum atomic E-state index is 0.0581. The van der Waals surface area contributed by atoms with Gasteiger partial charge in [-0.3, -0.25) is 4.90 Å². The Morgan fingerprint density at radius 1 is 1.47 bits per heavy atom. The summed E-state index contributed by atoms with van der Waals surface area (Å²) in [5.41, 5.74) is 6.20. The van der Waals surface area contributed by atoms with E-state index in [1.54, 1.807) is 0 Å². The van der Waals surface area contributed by atoms with E-state index in [0.717, 1.165) is 18.1 Å². The summed E-state index contributed by atoms with van der Waals surface area (Å²) in [5.74, 6) is 1.94. The van der Waals surface area contributed by atoms with Gasteiger partial charge in [0.1, 0.15) is 11.5 Å². The molecule has 3 atom stereocenters. The zero-order chi connectivity index (χ0) is 14.0. The smallest absolute Gasteiger partial charge is 0.122 e. The van der Waals surface area contributed by atoms with Gasteiger partial charge in [-0.05, 0) is 59.5 Å². The molecule has 108 valence electrons. The fourth-order valence-corrected chi connectivity index (χ4v) is 3.14. The molecule has 0 spiro atoms. The molecule has 19 heavy (non-hydrogen) atoms. The first-order valence-corrected chi connectivity index (χ1v) is 7.21. The summed E-state index contributed by atoms with van der Waals surface area (Å²) in [6.45, 7) is 6.36. The summed E-state index contributed by atoms with van der Waals surface area (Å²) in [6.07, 6.45) is 2.50. The third-order valence-electron chi connectivity index (χ3n) is 4.17. The fourth-order valence-electron chi connectivity index (χ4n) is 3.14. The molecule has 2 heterocycles. The molecule has 4 heteroatoms. The van der Waals surface area contributed by atoms with Crippen LogP contribution in [0.4, 0.5) is 0 Å². The molecule has 4 nitrogen and oxygen atoms in total. The van der Waals surface area contributed by atoms with E-state index in [4.69, 9.17) is 10.2 Å². The summed E-state index contributed by atoms with van der Waals surface area (Å²) in [4.78, 5) is 4.80. The van der Waals surface area contributed by atoms with Crippen LogP contribution in [0.1, 0.15) is 37.3 Å². The molecular weight excluding hydrogens is 238 g/mol. The molecule has 0 aliphatic carbocycles. The van der Waals surface area contributed by atoms with Gasteiger partial charge in [-0.1, -0.05) is 0 Å². The van der Waals surface area contributed by atoms with Crippen LogP contribution < -0.4 is 5.73 Å². The summed E-state index contributed by atoms with van der Waals surface area (Å²) < 4.78 is 5.81. The molecule has 2 N–H and O–H groups in total. The van der Waals surface area contributed by atoms with Crippen molar-refractivity contribution >= 4 is 0 Å². The maximum absolute atomic E-state index is 6.20. The van der Waals surface area contributed by atoms with Crippen molar-refractivity contribution in [1.82, 2.24) is 9.80 Å². The van der Waals surface area contributed by atoms with Crippen molar-refractivity contribution in [1.29, 1.82) is 0 Å². The van der Waals surface area contributed by atoms with Crippen LogP contribution in [0.15, 0.2) is 16.5 Å². The third kappa shape index (κ3) is 3.38. The van der Waals surface area contributed by atoms with Crippen LogP contribution in [0.5, 0.6) is 0 Å². The predicted octanol–water partition coefficient (Wildman–Crippen LogP) is 2.00. The number of aryl methyl sites for hydroxylation is 1. The van der Waals surface area contributed by atoms with Gasteiger partial charge in [0.2, 0.25) is 0 Å². The zero-order valence-electron chi connectivity index (χ0n) is 12.6. The minimum absolute atomic E-state index is 0.0581. The van der Waals surface area contributed by atoms with Crippen molar-refractivity contribution in [2.75, 3.05) is 27.2 Å². The van der Waals surface area contributed by atoms with Crippen LogP contribution in [0.3, 0.4) is 0 Å². The van der Waals surface area contributed by atoms with Crippen molar-refractivity contribution in [3.63, 3.8) is 0 Å². The number of hydrogen-bond acceptors (Lipinski definition) is 4. The van der Waals surface area contributed by atoms with E-state index in [0.29, 0.717) is 6.04 Å². The number of nitrogens with zero attached hydrogens (tertiary/aromatic N) is 2. The summed E-state index contributed by atoms with van der Waals surface area (Å²) >= 11 is 0. The first kappa shape index (κ1) is 14.6. The van der Waals surface area contributed by atoms with Gasteiger partial charge in [0.15, 0.2) is 0 Å². The SMILES string of the molecule is Cc1ccc(C(C(C)N)N(C)C2CCCN(C)C2)o1. The molecule has 1 aromatic heterocycles. The van der Waals surface area contributed by atoms with E-state index in [1.807, 2.05) is 13.0 Å². The number of rotatable bonds is 4. The van der Waals surface area contributed by atoms with E-state index in [2.05, 4.69) is 36.9 Å². The van der Waals surface area contributed by atoms with Gasteiger partial charge >= 0.3 is 0 Å². The first-order chi connectivity index (χ1) is 8.99. The molecule has 0 saturated carbocycles. The van der Waals surface area contributed by atoms with Crippen LogP contribution in [0, 0.1) is 6.92 Å². The lowest BCUT2D eigenvalue weighted by Crippen LogP contribution is -2.49. The second-order valence-electron chi connectivity index (χ2n) is 5.98. The monoisotopic (exact) mass is 265 g/mol. The van der Waals surface area contributed by atoms with Crippen LogP contribution >= 0.6 is 0 Å². The van der Waals surface area contributed by atoms with Crippen molar-refractivity contribution < 1.29 is 4.42 Å². The van der Waals surface area contributed by atoms with Crippen molar-refractivity contribution in [2.45, 2.75) is 44.8 Å². The van der Waals surface area contributed by atoms with E-state index in [-0.39, 0.29) is 12.1 Å². The quantitative estimate of drug-likeness (QED) is 0.904. The average molecular weight is 265 g/mol. The second-order valence-corrected chi connectivity index (χ2v) is 5.98. The molecule has 0 aromatic carbocycles. The third-order valence-corrected chi connectivity index (χ3v) is 4.17. The standard InChI is InChI=1S/C15H27N3O/c1-11-7-8-14(19-11)15(12(2)16)18(4)13-6-5-9-17(3)10-13/h7-8,12-13,15H,5-6,9-10,16H2,1-4H3. The highest BCUT2D eigenvalue weighted by molar-refractivity contribution is 5.12. The van der Waals surface area contributed by atoms with Gasteiger partial charge in [0.05, 0.1) is 6.04 Å². The molecule has 3 unspecified atom stereocenters. The Morgan fingerprint density at radius 2 is 2.21 bits per heavy atom. The van der Waals surface area contributed by atoms with Crippen LogP contribution in [-0.2, 0) is 0 Å². The molecule has 1 fully saturated rings. The fraction of sp³-hybridized carbons (Fsp3) is 0.733. The van der Waals surface area contributed by atoms with Crippen molar-refractivity contribution in [3.8, 4) is 0 Å². The van der Waals surface area contributed by atoms with Gasteiger partial charge < -0.3 is 15.1 Å². The Bertz CT molecular complexity index is 402.